The van der Waals surface area contributed by atoms with Crippen molar-refractivity contribution >= 4 is 5.97 Å². The Morgan fingerprint density at radius 3 is 2.41 bits per heavy atom. The molecule has 150 valence electrons. The Morgan fingerprint density at radius 2 is 1.81 bits per heavy atom. The number of benzene rings is 1. The van der Waals surface area contributed by atoms with E-state index in [4.69, 9.17) is 10.00 Å². The smallest absolute Gasteiger partial charge is 0.320 e. The molecule has 0 aliphatic rings. The van der Waals surface area contributed by atoms with Crippen LogP contribution in [0.25, 0.3) is 0 Å². The van der Waals surface area contributed by atoms with Gasteiger partial charge in [0.15, 0.2) is 0 Å². The Bertz CT molecular complexity index is 560. The number of nitrogens with one attached hydrogen (secondary N) is 1. The van der Waals surface area contributed by atoms with Crippen LogP contribution in [-0.4, -0.2) is 43.2 Å². The molecule has 0 radical (unpaired) electrons. The van der Waals surface area contributed by atoms with Crippen molar-refractivity contribution < 1.29 is 9.53 Å². The van der Waals surface area contributed by atoms with Crippen LogP contribution in [0.4, 0.5) is 0 Å². The molecule has 1 aromatic carbocycles. The van der Waals surface area contributed by atoms with E-state index >= 15 is 0 Å². The van der Waals surface area contributed by atoms with Gasteiger partial charge in [-0.05, 0) is 76.4 Å². The minimum Gasteiger partial charge on any atom is -0.462 e. The molecule has 0 spiro atoms. The standard InChI is InChI=1S/C22H35N3O2/c1-4-13-25(14-5-2)15-7-6-8-19(3)27-22(26)18-24-17-21-11-9-20(16-23)10-12-21/h9-12,19,24H,4-8,13-15,17-18H2,1-3H3. The molecular weight excluding hydrogens is 338 g/mol. The minimum atomic E-state index is -0.213. The summed E-state index contributed by atoms with van der Waals surface area (Å²) in [5, 5.41) is 11.9. The number of hydrogen-bond donors (Lipinski definition) is 1. The van der Waals surface area contributed by atoms with E-state index in [0.29, 0.717) is 12.1 Å². The van der Waals surface area contributed by atoms with E-state index in [0.717, 1.165) is 31.4 Å². The fourth-order valence-electron chi connectivity index (χ4n) is 3.07. The number of nitriles is 1. The van der Waals surface area contributed by atoms with E-state index in [1.165, 1.54) is 25.9 Å². The molecule has 5 nitrogen and oxygen atoms in total. The van der Waals surface area contributed by atoms with Gasteiger partial charge < -0.3 is 15.0 Å². The third-order valence-corrected chi connectivity index (χ3v) is 4.43. The molecule has 0 bridgehead atoms. The molecule has 0 saturated carbocycles. The maximum atomic E-state index is 11.9. The van der Waals surface area contributed by atoms with Crippen LogP contribution in [0.1, 0.15) is 64.0 Å². The number of esters is 1. The molecule has 1 aromatic rings. The van der Waals surface area contributed by atoms with Crippen LogP contribution >= 0.6 is 0 Å². The highest BCUT2D eigenvalue weighted by atomic mass is 16.5. The van der Waals surface area contributed by atoms with Crippen molar-refractivity contribution in [2.75, 3.05) is 26.2 Å². The van der Waals surface area contributed by atoms with Gasteiger partial charge in [-0.15, -0.1) is 0 Å². The van der Waals surface area contributed by atoms with E-state index < -0.39 is 0 Å². The highest BCUT2D eigenvalue weighted by Gasteiger charge is 2.10. The van der Waals surface area contributed by atoms with Gasteiger partial charge in [-0.3, -0.25) is 4.79 Å². The second-order valence-electron chi connectivity index (χ2n) is 7.05. The molecule has 1 N–H and O–H groups in total. The number of nitrogens with zero attached hydrogens (tertiary/aromatic N) is 2. The van der Waals surface area contributed by atoms with Gasteiger partial charge in [0.05, 0.1) is 24.3 Å². The third-order valence-electron chi connectivity index (χ3n) is 4.43. The zero-order chi connectivity index (χ0) is 19.9. The largest absolute Gasteiger partial charge is 0.462 e. The Morgan fingerprint density at radius 1 is 1.15 bits per heavy atom. The Hall–Kier alpha value is -1.90. The van der Waals surface area contributed by atoms with Crippen molar-refractivity contribution in [2.24, 2.45) is 0 Å². The van der Waals surface area contributed by atoms with Crippen LogP contribution in [-0.2, 0) is 16.1 Å². The van der Waals surface area contributed by atoms with Crippen molar-refractivity contribution in [3.8, 4) is 6.07 Å². The van der Waals surface area contributed by atoms with E-state index in [9.17, 15) is 4.79 Å². The summed E-state index contributed by atoms with van der Waals surface area (Å²) < 4.78 is 5.47. The molecule has 1 unspecified atom stereocenters. The molecule has 5 heteroatoms. The molecule has 0 heterocycles. The first-order valence-corrected chi connectivity index (χ1v) is 10.2. The van der Waals surface area contributed by atoms with Gasteiger partial charge in [0.1, 0.15) is 0 Å². The van der Waals surface area contributed by atoms with Crippen molar-refractivity contribution in [3.05, 3.63) is 35.4 Å². The highest BCUT2D eigenvalue weighted by Crippen LogP contribution is 2.07. The normalized spacial score (nSPS) is 12.0. The first-order valence-electron chi connectivity index (χ1n) is 10.2. The van der Waals surface area contributed by atoms with Gasteiger partial charge in [0.25, 0.3) is 0 Å². The number of unbranched alkanes of at least 4 members (excludes halogenated alkanes) is 1. The monoisotopic (exact) mass is 373 g/mol. The van der Waals surface area contributed by atoms with E-state index in [2.05, 4.69) is 30.1 Å². The summed E-state index contributed by atoms with van der Waals surface area (Å²) in [6.45, 7) is 10.7. The Labute approximate surface area is 164 Å². The van der Waals surface area contributed by atoms with Crippen LogP contribution < -0.4 is 5.32 Å². The lowest BCUT2D eigenvalue weighted by molar-refractivity contribution is -0.147. The number of carbonyl (C=O) groups is 1. The van der Waals surface area contributed by atoms with E-state index in [-0.39, 0.29) is 18.6 Å². The predicted molar refractivity (Wildman–Crippen MR) is 109 cm³/mol. The molecule has 27 heavy (non-hydrogen) atoms. The summed E-state index contributed by atoms with van der Waals surface area (Å²) in [6.07, 6.45) is 5.50. The SMILES string of the molecule is CCCN(CCC)CCCCC(C)OC(=O)CNCc1ccc(C#N)cc1. The molecule has 0 fully saturated rings. The summed E-state index contributed by atoms with van der Waals surface area (Å²) in [7, 11) is 0. The summed E-state index contributed by atoms with van der Waals surface area (Å²) in [4.78, 5) is 14.4. The first-order chi connectivity index (χ1) is 13.1. The molecule has 0 aliphatic heterocycles. The zero-order valence-corrected chi connectivity index (χ0v) is 17.2. The molecule has 0 amide bonds. The Kier molecular flexibility index (Phi) is 12.2. The maximum absolute atomic E-state index is 11.9. The lowest BCUT2D eigenvalue weighted by Crippen LogP contribution is -2.28. The summed E-state index contributed by atoms with van der Waals surface area (Å²) in [6, 6.07) is 9.42. The number of carbonyl (C=O) groups excluding carboxylic acids is 1. The van der Waals surface area contributed by atoms with Crippen molar-refractivity contribution in [1.82, 2.24) is 10.2 Å². The summed E-state index contributed by atoms with van der Waals surface area (Å²) in [5.41, 5.74) is 1.68. The molecule has 1 rings (SSSR count). The average molecular weight is 374 g/mol. The number of rotatable bonds is 14. The highest BCUT2D eigenvalue weighted by molar-refractivity contribution is 5.71. The zero-order valence-electron chi connectivity index (χ0n) is 17.2. The van der Waals surface area contributed by atoms with Crippen LogP contribution in [0.5, 0.6) is 0 Å². The number of ether oxygens (including phenoxy) is 1. The van der Waals surface area contributed by atoms with Crippen LogP contribution in [0.3, 0.4) is 0 Å². The van der Waals surface area contributed by atoms with Crippen LogP contribution in [0, 0.1) is 11.3 Å². The van der Waals surface area contributed by atoms with Crippen LogP contribution in [0.15, 0.2) is 24.3 Å². The number of hydrogen-bond acceptors (Lipinski definition) is 5. The van der Waals surface area contributed by atoms with Crippen LogP contribution in [0.2, 0.25) is 0 Å². The summed E-state index contributed by atoms with van der Waals surface area (Å²) >= 11 is 0. The van der Waals surface area contributed by atoms with Gasteiger partial charge in [0.2, 0.25) is 0 Å². The molecule has 0 aromatic heterocycles. The van der Waals surface area contributed by atoms with Gasteiger partial charge in [-0.1, -0.05) is 26.0 Å². The predicted octanol–water partition coefficient (Wildman–Crippen LogP) is 3.87. The van der Waals surface area contributed by atoms with Crippen molar-refractivity contribution in [1.29, 1.82) is 5.26 Å². The van der Waals surface area contributed by atoms with Crippen molar-refractivity contribution in [2.45, 2.75) is 65.5 Å². The fraction of sp³-hybridized carbons (Fsp3) is 0.636. The third kappa shape index (κ3) is 10.7. The second-order valence-corrected chi connectivity index (χ2v) is 7.05. The topological polar surface area (TPSA) is 65.4 Å². The van der Waals surface area contributed by atoms with Crippen molar-refractivity contribution in [3.63, 3.8) is 0 Å². The molecular formula is C22H35N3O2. The van der Waals surface area contributed by atoms with Gasteiger partial charge in [-0.25, -0.2) is 0 Å². The van der Waals surface area contributed by atoms with Gasteiger partial charge in [-0.2, -0.15) is 5.26 Å². The van der Waals surface area contributed by atoms with E-state index in [1.54, 1.807) is 12.1 Å². The second kappa shape index (κ2) is 14.2. The lowest BCUT2D eigenvalue weighted by Gasteiger charge is -2.21. The molecule has 0 saturated heterocycles. The first kappa shape index (κ1) is 23.1. The summed E-state index contributed by atoms with van der Waals surface area (Å²) in [5.74, 6) is -0.213. The lowest BCUT2D eigenvalue weighted by atomic mass is 10.1. The van der Waals surface area contributed by atoms with E-state index in [1.807, 2.05) is 19.1 Å². The average Bonchev–Trinajstić information content (AvgIpc) is 2.66. The Balaban J connectivity index is 2.13. The minimum absolute atomic E-state index is 0.0417. The molecule has 1 atom stereocenters. The maximum Gasteiger partial charge on any atom is 0.320 e. The van der Waals surface area contributed by atoms with Gasteiger partial charge in [0, 0.05) is 6.54 Å². The fourth-order valence-corrected chi connectivity index (χ4v) is 3.07. The quantitative estimate of drug-likeness (QED) is 0.396. The molecule has 0 aliphatic carbocycles. The van der Waals surface area contributed by atoms with Gasteiger partial charge >= 0.3 is 5.97 Å².